The van der Waals surface area contributed by atoms with Gasteiger partial charge in [0.1, 0.15) is 5.82 Å². The van der Waals surface area contributed by atoms with Crippen LogP contribution in [-0.4, -0.2) is 15.2 Å². The molecule has 3 rings (SSSR count). The van der Waals surface area contributed by atoms with E-state index in [1.54, 1.807) is 0 Å². The maximum Gasteiger partial charge on any atom is 0.183 e. The highest BCUT2D eigenvalue weighted by Gasteiger charge is 2.13. The smallest absolute Gasteiger partial charge is 0.183 e. The molecular weight excluding hydrogens is 224 g/mol. The van der Waals surface area contributed by atoms with Gasteiger partial charge in [0.15, 0.2) is 5.65 Å². The summed E-state index contributed by atoms with van der Waals surface area (Å²) >= 11 is 0. The van der Waals surface area contributed by atoms with Crippen LogP contribution in [0.3, 0.4) is 0 Å². The molecule has 18 heavy (non-hydrogen) atoms. The molecule has 3 aromatic rings. The number of H-pyrrole nitrogens is 1. The van der Waals surface area contributed by atoms with Crippen molar-refractivity contribution >= 4 is 16.9 Å². The average molecular weight is 238 g/mol. The summed E-state index contributed by atoms with van der Waals surface area (Å²) in [6, 6.07) is 10.3. The van der Waals surface area contributed by atoms with Gasteiger partial charge in [-0.2, -0.15) is 5.10 Å². The van der Waals surface area contributed by atoms with Gasteiger partial charge in [-0.05, 0) is 36.6 Å². The minimum Gasteiger partial charge on any atom is -0.383 e. The fourth-order valence-electron chi connectivity index (χ4n) is 2.26. The summed E-state index contributed by atoms with van der Waals surface area (Å²) in [5.74, 6) is 0.566. The number of aryl methyl sites for hydroxylation is 2. The first-order valence-corrected chi connectivity index (χ1v) is 5.84. The van der Waals surface area contributed by atoms with Gasteiger partial charge < -0.3 is 5.73 Å². The van der Waals surface area contributed by atoms with Crippen LogP contribution < -0.4 is 5.73 Å². The Morgan fingerprint density at radius 3 is 2.67 bits per heavy atom. The molecule has 0 aliphatic heterocycles. The van der Waals surface area contributed by atoms with Crippen molar-refractivity contribution in [1.82, 2.24) is 15.2 Å². The minimum atomic E-state index is 0.566. The first-order valence-electron chi connectivity index (χ1n) is 5.84. The lowest BCUT2D eigenvalue weighted by molar-refractivity contribution is 1.09. The summed E-state index contributed by atoms with van der Waals surface area (Å²) in [6.45, 7) is 4.05. The van der Waals surface area contributed by atoms with Crippen LogP contribution in [0.5, 0.6) is 0 Å². The van der Waals surface area contributed by atoms with Crippen LogP contribution in [0.2, 0.25) is 0 Å². The number of rotatable bonds is 1. The quantitative estimate of drug-likeness (QED) is 0.685. The number of nitrogens with zero attached hydrogens (tertiary/aromatic N) is 2. The van der Waals surface area contributed by atoms with Crippen molar-refractivity contribution in [3.63, 3.8) is 0 Å². The molecule has 3 N–H and O–H groups in total. The van der Waals surface area contributed by atoms with Crippen LogP contribution in [0.25, 0.3) is 22.2 Å². The van der Waals surface area contributed by atoms with Gasteiger partial charge in [-0.3, -0.25) is 5.10 Å². The predicted octanol–water partition coefficient (Wildman–Crippen LogP) is 2.82. The molecule has 1 aromatic carbocycles. The molecule has 0 aliphatic rings. The second kappa shape index (κ2) is 3.84. The molecule has 0 bridgehead atoms. The van der Waals surface area contributed by atoms with Gasteiger partial charge in [0.05, 0.1) is 5.39 Å². The van der Waals surface area contributed by atoms with Crippen molar-refractivity contribution in [2.75, 3.05) is 5.73 Å². The van der Waals surface area contributed by atoms with Crippen molar-refractivity contribution in [1.29, 1.82) is 0 Å². The zero-order valence-electron chi connectivity index (χ0n) is 10.4. The van der Waals surface area contributed by atoms with E-state index >= 15 is 0 Å². The minimum absolute atomic E-state index is 0.566. The molecule has 0 aliphatic carbocycles. The fourth-order valence-corrected chi connectivity index (χ4v) is 2.26. The van der Waals surface area contributed by atoms with E-state index in [2.05, 4.69) is 40.3 Å². The van der Waals surface area contributed by atoms with Gasteiger partial charge in [-0.1, -0.05) is 24.3 Å². The molecular formula is C14H14N4. The largest absolute Gasteiger partial charge is 0.383 e. The lowest BCUT2D eigenvalue weighted by Gasteiger charge is -2.08. The Labute approximate surface area is 105 Å². The monoisotopic (exact) mass is 238 g/mol. The Hall–Kier alpha value is -2.36. The van der Waals surface area contributed by atoms with Gasteiger partial charge in [0, 0.05) is 5.69 Å². The molecule has 2 heterocycles. The van der Waals surface area contributed by atoms with E-state index in [1.165, 1.54) is 11.1 Å². The highest BCUT2D eigenvalue weighted by molar-refractivity contribution is 6.00. The second-order valence-corrected chi connectivity index (χ2v) is 4.46. The van der Waals surface area contributed by atoms with Crippen molar-refractivity contribution < 1.29 is 0 Å². The Morgan fingerprint density at radius 2 is 1.89 bits per heavy atom. The number of nitrogens with one attached hydrogen (secondary N) is 1. The number of hydrogen-bond acceptors (Lipinski definition) is 3. The highest BCUT2D eigenvalue weighted by atomic mass is 15.2. The maximum atomic E-state index is 5.96. The van der Waals surface area contributed by atoms with Crippen molar-refractivity contribution in [3.05, 3.63) is 41.6 Å². The number of pyridine rings is 1. The van der Waals surface area contributed by atoms with E-state index in [4.69, 9.17) is 5.73 Å². The molecule has 0 radical (unpaired) electrons. The van der Waals surface area contributed by atoms with Crippen LogP contribution in [0.1, 0.15) is 11.3 Å². The summed E-state index contributed by atoms with van der Waals surface area (Å²) in [5.41, 5.74) is 11.0. The lowest BCUT2D eigenvalue weighted by Crippen LogP contribution is -1.91. The average Bonchev–Trinajstić information content (AvgIpc) is 2.71. The highest BCUT2D eigenvalue weighted by Crippen LogP contribution is 2.32. The van der Waals surface area contributed by atoms with Crippen LogP contribution in [-0.2, 0) is 0 Å². The van der Waals surface area contributed by atoms with Crippen LogP contribution in [0, 0.1) is 13.8 Å². The van der Waals surface area contributed by atoms with Gasteiger partial charge in [0.25, 0.3) is 0 Å². The van der Waals surface area contributed by atoms with Gasteiger partial charge in [-0.25, -0.2) is 4.98 Å². The van der Waals surface area contributed by atoms with E-state index in [0.29, 0.717) is 11.5 Å². The van der Waals surface area contributed by atoms with E-state index in [1.807, 2.05) is 19.1 Å². The number of nitrogens with two attached hydrogens (primary N) is 1. The number of aromatic amines is 1. The normalized spacial score (nSPS) is 11.0. The molecule has 0 saturated carbocycles. The molecule has 0 atom stereocenters. The van der Waals surface area contributed by atoms with Crippen LogP contribution in [0.4, 0.5) is 5.82 Å². The molecule has 0 fully saturated rings. The van der Waals surface area contributed by atoms with E-state index < -0.39 is 0 Å². The van der Waals surface area contributed by atoms with Gasteiger partial charge >= 0.3 is 0 Å². The molecule has 0 unspecified atom stereocenters. The first-order chi connectivity index (χ1) is 8.66. The standard InChI is InChI=1S/C14H14N4/c1-8-5-3-4-6-10(8)11-7-9(2)16-14-12(11)13(15)17-18-14/h3-7H,1-2H3,(H3,15,16,17,18). The Kier molecular flexibility index (Phi) is 2.30. The molecule has 0 amide bonds. The zero-order chi connectivity index (χ0) is 12.7. The topological polar surface area (TPSA) is 67.6 Å². The third-order valence-corrected chi connectivity index (χ3v) is 3.12. The Morgan fingerprint density at radius 1 is 1.11 bits per heavy atom. The first kappa shape index (κ1) is 10.8. The summed E-state index contributed by atoms with van der Waals surface area (Å²) in [5, 5.41) is 7.83. The number of hydrogen-bond donors (Lipinski definition) is 2. The SMILES string of the molecule is Cc1cc(-c2ccccc2C)c2c(N)[nH]nc2n1. The lowest BCUT2D eigenvalue weighted by atomic mass is 9.98. The van der Waals surface area contributed by atoms with Crippen molar-refractivity contribution in [2.45, 2.75) is 13.8 Å². The molecule has 2 aromatic heterocycles. The van der Waals surface area contributed by atoms with Gasteiger partial charge in [0.2, 0.25) is 0 Å². The van der Waals surface area contributed by atoms with Crippen LogP contribution >= 0.6 is 0 Å². The molecule has 0 saturated heterocycles. The molecule has 4 heteroatoms. The third-order valence-electron chi connectivity index (χ3n) is 3.12. The predicted molar refractivity (Wildman–Crippen MR) is 73.2 cm³/mol. The summed E-state index contributed by atoms with van der Waals surface area (Å²) in [7, 11) is 0. The maximum absolute atomic E-state index is 5.96. The van der Waals surface area contributed by atoms with Crippen LogP contribution in [0.15, 0.2) is 30.3 Å². The number of fused-ring (bicyclic) bond motifs is 1. The van der Waals surface area contributed by atoms with E-state index in [-0.39, 0.29) is 0 Å². The fraction of sp³-hybridized carbons (Fsp3) is 0.143. The van der Waals surface area contributed by atoms with E-state index in [9.17, 15) is 0 Å². The van der Waals surface area contributed by atoms with Gasteiger partial charge in [-0.15, -0.1) is 0 Å². The Balaban J connectivity index is 2.41. The Bertz CT molecular complexity index is 728. The summed E-state index contributed by atoms with van der Waals surface area (Å²) in [6.07, 6.45) is 0. The summed E-state index contributed by atoms with van der Waals surface area (Å²) < 4.78 is 0. The molecule has 4 nitrogen and oxygen atoms in total. The van der Waals surface area contributed by atoms with Crippen molar-refractivity contribution in [3.8, 4) is 11.1 Å². The van der Waals surface area contributed by atoms with Crippen molar-refractivity contribution in [2.24, 2.45) is 0 Å². The number of anilines is 1. The molecule has 0 spiro atoms. The number of benzene rings is 1. The molecule has 90 valence electrons. The zero-order valence-corrected chi connectivity index (χ0v) is 10.4. The van der Waals surface area contributed by atoms with E-state index in [0.717, 1.165) is 16.6 Å². The third kappa shape index (κ3) is 1.54. The number of aromatic nitrogens is 3. The number of nitrogen functional groups attached to an aromatic ring is 1. The summed E-state index contributed by atoms with van der Waals surface area (Å²) in [4.78, 5) is 4.39. The second-order valence-electron chi connectivity index (χ2n) is 4.46.